The Morgan fingerprint density at radius 2 is 1.74 bits per heavy atom. The second-order valence-corrected chi connectivity index (χ2v) is 8.00. The van der Waals surface area contributed by atoms with E-state index < -0.39 is 23.5 Å². The van der Waals surface area contributed by atoms with E-state index in [0.717, 1.165) is 5.56 Å². The number of nitrogens with zero attached hydrogens (tertiary/aromatic N) is 1. The Labute approximate surface area is 195 Å². The van der Waals surface area contributed by atoms with E-state index in [1.165, 1.54) is 18.1 Å². The normalized spacial score (nSPS) is 15.9. The van der Waals surface area contributed by atoms with Gasteiger partial charge in [-0.05, 0) is 42.3 Å². The van der Waals surface area contributed by atoms with Crippen LogP contribution in [0.2, 0.25) is 0 Å². The molecule has 1 unspecified atom stereocenters. The predicted octanol–water partition coefficient (Wildman–Crippen LogP) is 5.24. The van der Waals surface area contributed by atoms with Gasteiger partial charge in [0.1, 0.15) is 5.75 Å². The van der Waals surface area contributed by atoms with Gasteiger partial charge in [0, 0.05) is 5.39 Å². The van der Waals surface area contributed by atoms with Crippen LogP contribution in [-0.2, 0) is 4.79 Å². The summed E-state index contributed by atoms with van der Waals surface area (Å²) in [4.78, 5) is 28.3. The summed E-state index contributed by atoms with van der Waals surface area (Å²) < 4.78 is 11.1. The van der Waals surface area contributed by atoms with Crippen LogP contribution in [0.5, 0.6) is 11.5 Å². The highest BCUT2D eigenvalue weighted by atomic mass is 16.5. The van der Waals surface area contributed by atoms with E-state index in [-0.39, 0.29) is 22.8 Å². The highest BCUT2D eigenvalue weighted by molar-refractivity contribution is 6.21. The number of phenols is 1. The molecule has 5 rings (SSSR count). The van der Waals surface area contributed by atoms with Gasteiger partial charge in [-0.25, -0.2) is 0 Å². The first-order valence-electron chi connectivity index (χ1n) is 10.6. The van der Waals surface area contributed by atoms with E-state index in [4.69, 9.17) is 9.15 Å². The van der Waals surface area contributed by atoms with E-state index in [0.29, 0.717) is 22.3 Å². The number of benzene rings is 3. The molecule has 7 nitrogen and oxygen atoms in total. The molecule has 0 aliphatic carbocycles. The Kier molecular flexibility index (Phi) is 5.09. The molecule has 1 aromatic heterocycles. The molecule has 0 radical (unpaired) electrons. The summed E-state index contributed by atoms with van der Waals surface area (Å²) in [6.07, 6.45) is 0. The standard InChI is InChI=1S/C27H21NO6/c1-15-8-3-4-10-17(15)23-22(25(31)27(32)28(23)18-11-5-6-12-19(18)29)24(30)21-14-16-9-7-13-20(33-2)26(16)34-21/h3-14,23,29,31H,1-2H3. The lowest BCUT2D eigenvalue weighted by Gasteiger charge is -2.28. The zero-order chi connectivity index (χ0) is 24.0. The number of hydrogen-bond acceptors (Lipinski definition) is 6. The number of aliphatic hydroxyl groups excluding tert-OH is 1. The number of ketones is 1. The number of aromatic hydroxyl groups is 1. The molecule has 4 aromatic rings. The first-order valence-corrected chi connectivity index (χ1v) is 10.6. The maximum Gasteiger partial charge on any atom is 0.294 e. The Morgan fingerprint density at radius 1 is 1.00 bits per heavy atom. The van der Waals surface area contributed by atoms with Gasteiger partial charge in [-0.15, -0.1) is 0 Å². The van der Waals surface area contributed by atoms with Gasteiger partial charge in [-0.3, -0.25) is 14.5 Å². The molecule has 3 aromatic carbocycles. The molecule has 0 spiro atoms. The van der Waals surface area contributed by atoms with E-state index in [1.807, 2.05) is 19.1 Å². The van der Waals surface area contributed by atoms with Gasteiger partial charge in [0.25, 0.3) is 5.91 Å². The molecule has 1 aliphatic heterocycles. The van der Waals surface area contributed by atoms with Crippen molar-refractivity contribution in [1.82, 2.24) is 0 Å². The van der Waals surface area contributed by atoms with Crippen molar-refractivity contribution in [1.29, 1.82) is 0 Å². The van der Waals surface area contributed by atoms with E-state index in [1.54, 1.807) is 54.6 Å². The van der Waals surface area contributed by atoms with E-state index in [2.05, 4.69) is 0 Å². The molecular weight excluding hydrogens is 434 g/mol. The summed E-state index contributed by atoms with van der Waals surface area (Å²) in [6.45, 7) is 1.85. The summed E-state index contributed by atoms with van der Waals surface area (Å²) in [6, 6.07) is 19.4. The lowest BCUT2D eigenvalue weighted by atomic mass is 9.92. The van der Waals surface area contributed by atoms with Crippen LogP contribution in [0, 0.1) is 6.92 Å². The van der Waals surface area contributed by atoms with Crippen LogP contribution in [0.25, 0.3) is 11.0 Å². The highest BCUT2D eigenvalue weighted by Gasteiger charge is 2.46. The van der Waals surface area contributed by atoms with Crippen LogP contribution in [-0.4, -0.2) is 29.0 Å². The molecule has 0 bridgehead atoms. The van der Waals surface area contributed by atoms with Crippen molar-refractivity contribution < 1.29 is 29.0 Å². The van der Waals surface area contributed by atoms with Gasteiger partial charge in [0.15, 0.2) is 22.9 Å². The molecule has 7 heteroatoms. The van der Waals surface area contributed by atoms with Crippen LogP contribution in [0.15, 0.2) is 88.5 Å². The Morgan fingerprint density at radius 3 is 2.47 bits per heavy atom. The summed E-state index contributed by atoms with van der Waals surface area (Å²) in [5.41, 5.74) is 1.90. The van der Waals surface area contributed by atoms with Crippen molar-refractivity contribution in [3.8, 4) is 11.5 Å². The number of phenolic OH excluding ortho intramolecular Hbond substituents is 1. The monoisotopic (exact) mass is 455 g/mol. The number of furan rings is 1. The summed E-state index contributed by atoms with van der Waals surface area (Å²) in [7, 11) is 1.50. The fourth-order valence-electron chi connectivity index (χ4n) is 4.38. The first kappa shape index (κ1) is 21.3. The number of hydrogen-bond donors (Lipinski definition) is 2. The maximum atomic E-state index is 13.7. The van der Waals surface area contributed by atoms with Crippen molar-refractivity contribution in [2.24, 2.45) is 0 Å². The zero-order valence-corrected chi connectivity index (χ0v) is 18.5. The number of Topliss-reactive ketones (excluding diaryl/α,β-unsaturated/α-hetero) is 1. The fraction of sp³-hybridized carbons (Fsp3) is 0.111. The topological polar surface area (TPSA) is 100 Å². The summed E-state index contributed by atoms with van der Waals surface area (Å²) >= 11 is 0. The van der Waals surface area contributed by atoms with Crippen molar-refractivity contribution in [2.45, 2.75) is 13.0 Å². The molecule has 1 aliphatic rings. The molecule has 1 atom stereocenters. The number of carbonyl (C=O) groups excluding carboxylic acids is 2. The summed E-state index contributed by atoms with van der Waals surface area (Å²) in [5, 5.41) is 22.1. The molecule has 0 saturated heterocycles. The molecule has 1 amide bonds. The number of rotatable bonds is 5. The minimum absolute atomic E-state index is 0.0356. The largest absolute Gasteiger partial charge is 0.506 e. The van der Waals surface area contributed by atoms with Crippen molar-refractivity contribution in [3.63, 3.8) is 0 Å². The second-order valence-electron chi connectivity index (χ2n) is 8.00. The van der Waals surface area contributed by atoms with E-state index >= 15 is 0 Å². The molecule has 170 valence electrons. The minimum atomic E-state index is -0.968. The van der Waals surface area contributed by atoms with Gasteiger partial charge >= 0.3 is 0 Å². The minimum Gasteiger partial charge on any atom is -0.506 e. The average molecular weight is 455 g/mol. The molecule has 34 heavy (non-hydrogen) atoms. The molecule has 0 fully saturated rings. The Balaban J connectivity index is 1.70. The number of aryl methyl sites for hydroxylation is 1. The van der Waals surface area contributed by atoms with Gasteiger partial charge in [-0.2, -0.15) is 0 Å². The molecule has 2 heterocycles. The van der Waals surface area contributed by atoms with Crippen LogP contribution >= 0.6 is 0 Å². The number of ether oxygens (including phenoxy) is 1. The lowest BCUT2D eigenvalue weighted by molar-refractivity contribution is -0.117. The third kappa shape index (κ3) is 3.21. The van der Waals surface area contributed by atoms with Crippen LogP contribution in [0.4, 0.5) is 5.69 Å². The third-order valence-corrected chi connectivity index (χ3v) is 6.03. The smallest absolute Gasteiger partial charge is 0.294 e. The van der Waals surface area contributed by atoms with Crippen LogP contribution < -0.4 is 9.64 Å². The molecule has 2 N–H and O–H groups in total. The number of fused-ring (bicyclic) bond motifs is 1. The molecular formula is C27H21NO6. The van der Waals surface area contributed by atoms with Crippen molar-refractivity contribution >= 4 is 28.3 Å². The number of aliphatic hydroxyl groups is 1. The second kappa shape index (κ2) is 8.12. The number of para-hydroxylation sites is 3. The maximum absolute atomic E-state index is 13.7. The average Bonchev–Trinajstić information content (AvgIpc) is 3.39. The fourth-order valence-corrected chi connectivity index (χ4v) is 4.38. The number of carbonyl (C=O) groups is 2. The van der Waals surface area contributed by atoms with Crippen LogP contribution in [0.3, 0.4) is 0 Å². The third-order valence-electron chi connectivity index (χ3n) is 6.03. The number of amides is 1. The van der Waals surface area contributed by atoms with Crippen molar-refractivity contribution in [3.05, 3.63) is 101 Å². The number of methoxy groups -OCH3 is 1. The van der Waals surface area contributed by atoms with Gasteiger partial charge in [0.2, 0.25) is 5.78 Å². The summed E-state index contributed by atoms with van der Waals surface area (Å²) in [5.74, 6) is -1.82. The van der Waals surface area contributed by atoms with Gasteiger partial charge < -0.3 is 19.4 Å². The van der Waals surface area contributed by atoms with Gasteiger partial charge in [0.05, 0.1) is 24.4 Å². The number of anilines is 1. The zero-order valence-electron chi connectivity index (χ0n) is 18.5. The van der Waals surface area contributed by atoms with E-state index in [9.17, 15) is 19.8 Å². The Bertz CT molecular complexity index is 1480. The predicted molar refractivity (Wildman–Crippen MR) is 126 cm³/mol. The first-order chi connectivity index (χ1) is 16.4. The van der Waals surface area contributed by atoms with Gasteiger partial charge in [-0.1, -0.05) is 48.5 Å². The SMILES string of the molecule is COc1cccc2cc(C(=O)C3=C(O)C(=O)N(c4ccccc4O)C3c3ccccc3C)oc12. The Hall–Kier alpha value is -4.52. The highest BCUT2D eigenvalue weighted by Crippen LogP contribution is 2.45. The van der Waals surface area contributed by atoms with Crippen LogP contribution in [0.1, 0.15) is 27.7 Å². The molecule has 0 saturated carbocycles. The lowest BCUT2D eigenvalue weighted by Crippen LogP contribution is -2.31. The van der Waals surface area contributed by atoms with Crippen molar-refractivity contribution in [2.75, 3.05) is 12.0 Å². The quantitative estimate of drug-likeness (QED) is 0.399.